The third-order valence-corrected chi connectivity index (χ3v) is 6.43. The third kappa shape index (κ3) is 5.18. The summed E-state index contributed by atoms with van der Waals surface area (Å²) in [4.78, 5) is 27.5. The summed E-state index contributed by atoms with van der Waals surface area (Å²) in [7, 11) is 0. The van der Waals surface area contributed by atoms with Crippen molar-refractivity contribution in [3.05, 3.63) is 106 Å². The molecular weight excluding hydrogens is 457 g/mol. The van der Waals surface area contributed by atoms with E-state index in [4.69, 9.17) is 4.74 Å². The van der Waals surface area contributed by atoms with Gasteiger partial charge in [-0.05, 0) is 48.7 Å². The van der Waals surface area contributed by atoms with E-state index in [0.29, 0.717) is 30.9 Å². The normalized spacial score (nSPS) is 17.0. The number of hydrogen-bond acceptors (Lipinski definition) is 4. The maximum absolute atomic E-state index is 14.9. The minimum Gasteiger partial charge on any atom is -0.507 e. The van der Waals surface area contributed by atoms with E-state index >= 15 is 0 Å². The molecule has 0 bridgehead atoms. The Kier molecular flexibility index (Phi) is 7.84. The number of Topliss-reactive ketones (excluding diaryl/α,β-unsaturated/α-hetero) is 1. The number of likely N-dealkylation sites (tertiary alicyclic amines) is 1. The number of aryl methyl sites for hydroxylation is 1. The van der Waals surface area contributed by atoms with Crippen LogP contribution >= 0.6 is 0 Å². The minimum atomic E-state index is -0.989. The van der Waals surface area contributed by atoms with Crippen molar-refractivity contribution in [1.29, 1.82) is 0 Å². The van der Waals surface area contributed by atoms with E-state index < -0.39 is 23.5 Å². The average Bonchev–Trinajstić information content (AvgIpc) is 3.13. The monoisotopic (exact) mass is 487 g/mol. The Morgan fingerprint density at radius 1 is 1.00 bits per heavy atom. The standard InChI is InChI=1S/C30H30FNO4/c1-3-4-10-17-32-27(23-13-8-9-14-24(23)31)26(29(34)30(32)35)28(33)22-15-16-25(20(2)18-22)36-19-21-11-6-5-7-12-21/h5-9,11-16,18,27,33H,3-4,10,17,19H2,1-2H3/b28-26+. The molecule has 1 atom stereocenters. The summed E-state index contributed by atoms with van der Waals surface area (Å²) in [6.07, 6.45) is 2.49. The van der Waals surface area contributed by atoms with Crippen LogP contribution in [0.5, 0.6) is 5.75 Å². The molecule has 1 heterocycles. The van der Waals surface area contributed by atoms with Crippen molar-refractivity contribution in [2.24, 2.45) is 0 Å². The Balaban J connectivity index is 1.70. The molecular formula is C30H30FNO4. The summed E-state index contributed by atoms with van der Waals surface area (Å²) >= 11 is 0. The lowest BCUT2D eigenvalue weighted by atomic mass is 9.94. The smallest absolute Gasteiger partial charge is 0.295 e. The van der Waals surface area contributed by atoms with E-state index in [1.54, 1.807) is 36.4 Å². The van der Waals surface area contributed by atoms with Crippen molar-refractivity contribution in [2.75, 3.05) is 6.54 Å². The van der Waals surface area contributed by atoms with Crippen LogP contribution in [0.3, 0.4) is 0 Å². The maximum Gasteiger partial charge on any atom is 0.295 e. The molecule has 0 aliphatic carbocycles. The molecule has 0 saturated carbocycles. The van der Waals surface area contributed by atoms with Gasteiger partial charge in [0, 0.05) is 17.7 Å². The summed E-state index contributed by atoms with van der Waals surface area (Å²) < 4.78 is 20.8. The molecule has 4 rings (SSSR count). The molecule has 3 aromatic carbocycles. The van der Waals surface area contributed by atoms with Gasteiger partial charge in [-0.1, -0.05) is 68.3 Å². The minimum absolute atomic E-state index is 0.0982. The Labute approximate surface area is 210 Å². The van der Waals surface area contributed by atoms with Gasteiger partial charge >= 0.3 is 0 Å². The Bertz CT molecular complexity index is 1290. The van der Waals surface area contributed by atoms with Crippen LogP contribution in [0.25, 0.3) is 5.76 Å². The van der Waals surface area contributed by atoms with Crippen LogP contribution in [-0.2, 0) is 16.2 Å². The Morgan fingerprint density at radius 2 is 1.72 bits per heavy atom. The molecule has 1 amide bonds. The van der Waals surface area contributed by atoms with E-state index in [1.807, 2.05) is 44.2 Å². The van der Waals surface area contributed by atoms with Gasteiger partial charge in [0.25, 0.3) is 11.7 Å². The molecule has 1 N–H and O–H groups in total. The fourth-order valence-corrected chi connectivity index (χ4v) is 4.51. The Morgan fingerprint density at radius 3 is 2.42 bits per heavy atom. The molecule has 186 valence electrons. The molecule has 3 aromatic rings. The number of aliphatic hydroxyl groups is 1. The van der Waals surface area contributed by atoms with Crippen LogP contribution in [-0.4, -0.2) is 28.2 Å². The molecule has 1 fully saturated rings. The molecule has 1 saturated heterocycles. The number of unbranched alkanes of at least 4 members (excludes halogenated alkanes) is 2. The molecule has 1 aliphatic heterocycles. The fraction of sp³-hybridized carbons (Fsp3) is 0.267. The number of rotatable bonds is 9. The lowest BCUT2D eigenvalue weighted by Crippen LogP contribution is -2.31. The lowest BCUT2D eigenvalue weighted by Gasteiger charge is -2.25. The summed E-state index contributed by atoms with van der Waals surface area (Å²) in [6.45, 7) is 4.58. The number of aliphatic hydroxyl groups excluding tert-OH is 1. The zero-order valence-electron chi connectivity index (χ0n) is 20.5. The van der Waals surface area contributed by atoms with Gasteiger partial charge in [-0.25, -0.2) is 4.39 Å². The van der Waals surface area contributed by atoms with Crippen LogP contribution in [0.15, 0.2) is 78.4 Å². The van der Waals surface area contributed by atoms with Crippen molar-refractivity contribution >= 4 is 17.4 Å². The average molecular weight is 488 g/mol. The van der Waals surface area contributed by atoms with E-state index in [-0.39, 0.29) is 16.9 Å². The van der Waals surface area contributed by atoms with Crippen LogP contribution < -0.4 is 4.74 Å². The highest BCUT2D eigenvalue weighted by Gasteiger charge is 2.46. The highest BCUT2D eigenvalue weighted by Crippen LogP contribution is 2.40. The predicted octanol–water partition coefficient (Wildman–Crippen LogP) is 6.33. The van der Waals surface area contributed by atoms with E-state index in [0.717, 1.165) is 24.0 Å². The fourth-order valence-electron chi connectivity index (χ4n) is 4.51. The maximum atomic E-state index is 14.9. The van der Waals surface area contributed by atoms with Gasteiger partial charge in [0.2, 0.25) is 0 Å². The summed E-state index contributed by atoms with van der Waals surface area (Å²) in [5.74, 6) is -1.74. The van der Waals surface area contributed by atoms with Crippen molar-refractivity contribution in [3.8, 4) is 5.75 Å². The highest BCUT2D eigenvalue weighted by molar-refractivity contribution is 6.46. The second kappa shape index (κ2) is 11.2. The lowest BCUT2D eigenvalue weighted by molar-refractivity contribution is -0.139. The third-order valence-electron chi connectivity index (χ3n) is 6.43. The molecule has 0 aromatic heterocycles. The van der Waals surface area contributed by atoms with Crippen molar-refractivity contribution in [2.45, 2.75) is 45.8 Å². The predicted molar refractivity (Wildman–Crippen MR) is 137 cm³/mol. The van der Waals surface area contributed by atoms with E-state index in [1.165, 1.54) is 11.0 Å². The van der Waals surface area contributed by atoms with Gasteiger partial charge in [-0.3, -0.25) is 9.59 Å². The molecule has 36 heavy (non-hydrogen) atoms. The first-order valence-corrected chi connectivity index (χ1v) is 12.2. The first kappa shape index (κ1) is 25.2. The van der Waals surface area contributed by atoms with Crippen molar-refractivity contribution < 1.29 is 23.8 Å². The second-order valence-corrected chi connectivity index (χ2v) is 8.98. The van der Waals surface area contributed by atoms with E-state index in [9.17, 15) is 19.1 Å². The summed E-state index contributed by atoms with van der Waals surface area (Å²) in [6, 6.07) is 19.9. The van der Waals surface area contributed by atoms with Crippen LogP contribution in [0, 0.1) is 12.7 Å². The Hall–Kier alpha value is -3.93. The number of carbonyl (C=O) groups is 2. The van der Waals surface area contributed by atoms with Crippen molar-refractivity contribution in [1.82, 2.24) is 4.90 Å². The molecule has 5 nitrogen and oxygen atoms in total. The number of ether oxygens (including phenoxy) is 1. The van der Waals surface area contributed by atoms with Crippen LogP contribution in [0.1, 0.15) is 54.5 Å². The number of benzene rings is 3. The van der Waals surface area contributed by atoms with Crippen LogP contribution in [0.4, 0.5) is 4.39 Å². The summed E-state index contributed by atoms with van der Waals surface area (Å²) in [5, 5.41) is 11.3. The summed E-state index contributed by atoms with van der Waals surface area (Å²) in [5.41, 5.74) is 2.24. The SMILES string of the molecule is CCCCCN1C(=O)C(=O)/C(=C(/O)c2ccc(OCc3ccccc3)c(C)c2)C1c1ccccc1F. The van der Waals surface area contributed by atoms with Gasteiger partial charge in [0.1, 0.15) is 23.9 Å². The van der Waals surface area contributed by atoms with Gasteiger partial charge < -0.3 is 14.7 Å². The number of hydrogen-bond donors (Lipinski definition) is 1. The first-order valence-electron chi connectivity index (χ1n) is 12.2. The second-order valence-electron chi connectivity index (χ2n) is 8.98. The number of halogens is 1. The largest absolute Gasteiger partial charge is 0.507 e. The number of ketones is 1. The van der Waals surface area contributed by atoms with Gasteiger partial charge in [-0.15, -0.1) is 0 Å². The molecule has 1 unspecified atom stereocenters. The van der Waals surface area contributed by atoms with Gasteiger partial charge in [0.15, 0.2) is 0 Å². The first-order chi connectivity index (χ1) is 17.4. The van der Waals surface area contributed by atoms with Gasteiger partial charge in [-0.2, -0.15) is 0 Å². The van der Waals surface area contributed by atoms with E-state index in [2.05, 4.69) is 0 Å². The zero-order chi connectivity index (χ0) is 25.7. The number of carbonyl (C=O) groups excluding carboxylic acids is 2. The van der Waals surface area contributed by atoms with Crippen LogP contribution in [0.2, 0.25) is 0 Å². The number of amides is 1. The van der Waals surface area contributed by atoms with Gasteiger partial charge in [0.05, 0.1) is 11.6 Å². The zero-order valence-corrected chi connectivity index (χ0v) is 20.5. The number of nitrogens with zero attached hydrogens (tertiary/aromatic N) is 1. The molecule has 0 radical (unpaired) electrons. The quantitative estimate of drug-likeness (QED) is 0.166. The highest BCUT2D eigenvalue weighted by atomic mass is 19.1. The topological polar surface area (TPSA) is 66.8 Å². The molecule has 0 spiro atoms. The van der Waals surface area contributed by atoms with Crippen molar-refractivity contribution in [3.63, 3.8) is 0 Å². The molecule has 1 aliphatic rings. The molecule has 6 heteroatoms.